The standard InChI is InChI=1S/C27H37NO/c28-26-20-18-25(19-21-26)27(29)15-5-4-10-23-12-7-14-24(17-16-23)13-6-11-22-8-2-1-3-9-22/h1-3,8-9,18-21,23-24H,4-7,10-17,28H2. The van der Waals surface area contributed by atoms with Gasteiger partial charge in [-0.15, -0.1) is 0 Å². The molecule has 1 aliphatic rings. The van der Waals surface area contributed by atoms with Gasteiger partial charge in [0.1, 0.15) is 0 Å². The van der Waals surface area contributed by atoms with E-state index in [1.54, 1.807) is 0 Å². The highest BCUT2D eigenvalue weighted by Crippen LogP contribution is 2.33. The normalized spacial score (nSPS) is 19.6. The van der Waals surface area contributed by atoms with E-state index in [1.165, 1.54) is 69.8 Å². The molecule has 156 valence electrons. The molecular formula is C27H37NO. The van der Waals surface area contributed by atoms with Crippen molar-refractivity contribution in [3.05, 3.63) is 65.7 Å². The number of anilines is 1. The lowest BCUT2D eigenvalue weighted by Crippen LogP contribution is -2.03. The van der Waals surface area contributed by atoms with Crippen molar-refractivity contribution >= 4 is 11.5 Å². The van der Waals surface area contributed by atoms with E-state index in [4.69, 9.17) is 5.73 Å². The number of hydrogen-bond donors (Lipinski definition) is 1. The Morgan fingerprint density at radius 3 is 2.14 bits per heavy atom. The van der Waals surface area contributed by atoms with Gasteiger partial charge in [-0.2, -0.15) is 0 Å². The zero-order valence-corrected chi connectivity index (χ0v) is 17.8. The van der Waals surface area contributed by atoms with Gasteiger partial charge in [-0.25, -0.2) is 0 Å². The van der Waals surface area contributed by atoms with E-state index in [1.807, 2.05) is 24.3 Å². The second kappa shape index (κ2) is 11.8. The van der Waals surface area contributed by atoms with Crippen molar-refractivity contribution in [2.24, 2.45) is 11.8 Å². The summed E-state index contributed by atoms with van der Waals surface area (Å²) >= 11 is 0. The molecule has 1 saturated carbocycles. The van der Waals surface area contributed by atoms with Crippen LogP contribution in [0.25, 0.3) is 0 Å². The Morgan fingerprint density at radius 2 is 1.45 bits per heavy atom. The van der Waals surface area contributed by atoms with Gasteiger partial charge < -0.3 is 5.73 Å². The molecule has 2 atom stereocenters. The summed E-state index contributed by atoms with van der Waals surface area (Å²) in [5.41, 5.74) is 8.69. The Hall–Kier alpha value is -2.09. The molecule has 0 aromatic heterocycles. The fourth-order valence-corrected chi connectivity index (χ4v) is 4.80. The van der Waals surface area contributed by atoms with Crippen LogP contribution < -0.4 is 5.73 Å². The van der Waals surface area contributed by atoms with Gasteiger partial charge in [0, 0.05) is 17.7 Å². The van der Waals surface area contributed by atoms with Crippen LogP contribution in [0.15, 0.2) is 54.6 Å². The zero-order valence-electron chi connectivity index (χ0n) is 17.8. The minimum absolute atomic E-state index is 0.254. The van der Waals surface area contributed by atoms with Crippen molar-refractivity contribution < 1.29 is 4.79 Å². The molecule has 2 aromatic rings. The lowest BCUT2D eigenvalue weighted by Gasteiger charge is -2.15. The van der Waals surface area contributed by atoms with Crippen LogP contribution in [0, 0.1) is 11.8 Å². The molecule has 2 unspecified atom stereocenters. The monoisotopic (exact) mass is 391 g/mol. The summed E-state index contributed by atoms with van der Waals surface area (Å²) in [5.74, 6) is 2.06. The smallest absolute Gasteiger partial charge is 0.162 e. The SMILES string of the molecule is Nc1ccc(C(=O)CCCCC2CCCC(CCCc3ccccc3)CC2)cc1. The fourth-order valence-electron chi connectivity index (χ4n) is 4.80. The Labute approximate surface area is 176 Å². The number of unbranched alkanes of at least 4 members (excludes halogenated alkanes) is 1. The van der Waals surface area contributed by atoms with Gasteiger partial charge in [0.05, 0.1) is 0 Å². The molecule has 0 amide bonds. The van der Waals surface area contributed by atoms with E-state index in [9.17, 15) is 4.79 Å². The molecular weight excluding hydrogens is 354 g/mol. The molecule has 0 saturated heterocycles. The highest BCUT2D eigenvalue weighted by Gasteiger charge is 2.18. The number of rotatable bonds is 10. The first-order chi connectivity index (χ1) is 14.2. The third-order valence-corrected chi connectivity index (χ3v) is 6.63. The van der Waals surface area contributed by atoms with E-state index < -0.39 is 0 Å². The van der Waals surface area contributed by atoms with E-state index in [-0.39, 0.29) is 5.78 Å². The largest absolute Gasteiger partial charge is 0.399 e. The van der Waals surface area contributed by atoms with Crippen molar-refractivity contribution in [2.75, 3.05) is 5.73 Å². The van der Waals surface area contributed by atoms with Gasteiger partial charge in [0.15, 0.2) is 5.78 Å². The van der Waals surface area contributed by atoms with Crippen molar-refractivity contribution in [2.45, 2.75) is 77.0 Å². The number of hydrogen-bond acceptors (Lipinski definition) is 2. The van der Waals surface area contributed by atoms with Crippen molar-refractivity contribution in [1.29, 1.82) is 0 Å². The van der Waals surface area contributed by atoms with E-state index in [0.717, 1.165) is 23.8 Å². The van der Waals surface area contributed by atoms with Gasteiger partial charge in [-0.1, -0.05) is 81.7 Å². The van der Waals surface area contributed by atoms with E-state index in [0.29, 0.717) is 12.1 Å². The number of benzene rings is 2. The fraction of sp³-hybridized carbons (Fsp3) is 0.519. The van der Waals surface area contributed by atoms with Crippen molar-refractivity contribution in [3.63, 3.8) is 0 Å². The molecule has 3 rings (SSSR count). The summed E-state index contributed by atoms with van der Waals surface area (Å²) in [6.07, 6.45) is 15.1. The number of ketones is 1. The van der Waals surface area contributed by atoms with Crippen LogP contribution in [0.5, 0.6) is 0 Å². The van der Waals surface area contributed by atoms with Crippen LogP contribution in [0.1, 0.15) is 86.6 Å². The number of carbonyl (C=O) groups is 1. The Kier molecular flexibility index (Phi) is 8.80. The minimum atomic E-state index is 0.254. The first-order valence-corrected chi connectivity index (χ1v) is 11.6. The molecule has 0 radical (unpaired) electrons. The predicted molar refractivity (Wildman–Crippen MR) is 123 cm³/mol. The quantitative estimate of drug-likeness (QED) is 0.201. The topological polar surface area (TPSA) is 43.1 Å². The van der Waals surface area contributed by atoms with Gasteiger partial charge in [-0.3, -0.25) is 4.79 Å². The van der Waals surface area contributed by atoms with Crippen LogP contribution in [0.4, 0.5) is 5.69 Å². The zero-order chi connectivity index (χ0) is 20.3. The first kappa shape index (κ1) is 21.6. The average molecular weight is 392 g/mol. The van der Waals surface area contributed by atoms with Gasteiger partial charge >= 0.3 is 0 Å². The van der Waals surface area contributed by atoms with E-state index >= 15 is 0 Å². The summed E-state index contributed by atoms with van der Waals surface area (Å²) in [6, 6.07) is 18.2. The number of aryl methyl sites for hydroxylation is 1. The Morgan fingerprint density at radius 1 is 0.793 bits per heavy atom. The van der Waals surface area contributed by atoms with Crippen molar-refractivity contribution in [1.82, 2.24) is 0 Å². The van der Waals surface area contributed by atoms with Gasteiger partial charge in [0.25, 0.3) is 0 Å². The molecule has 0 spiro atoms. The third-order valence-electron chi connectivity index (χ3n) is 6.63. The Bertz CT molecular complexity index is 722. The van der Waals surface area contributed by atoms with Crippen molar-refractivity contribution in [3.8, 4) is 0 Å². The molecule has 2 N–H and O–H groups in total. The third kappa shape index (κ3) is 7.68. The highest BCUT2D eigenvalue weighted by molar-refractivity contribution is 5.96. The maximum Gasteiger partial charge on any atom is 0.162 e. The molecule has 0 aliphatic heterocycles. The Balaban J connectivity index is 1.28. The lowest BCUT2D eigenvalue weighted by atomic mass is 9.91. The number of nitrogen functional groups attached to an aromatic ring is 1. The summed E-state index contributed by atoms with van der Waals surface area (Å²) in [4.78, 5) is 12.3. The average Bonchev–Trinajstić information content (AvgIpc) is 2.98. The van der Waals surface area contributed by atoms with E-state index in [2.05, 4.69) is 30.3 Å². The minimum Gasteiger partial charge on any atom is -0.399 e. The van der Waals surface area contributed by atoms with Crippen LogP contribution in [-0.4, -0.2) is 5.78 Å². The highest BCUT2D eigenvalue weighted by atomic mass is 16.1. The van der Waals surface area contributed by atoms with Crippen LogP contribution in [0.2, 0.25) is 0 Å². The molecule has 1 fully saturated rings. The summed E-state index contributed by atoms with van der Waals surface area (Å²) in [5, 5.41) is 0. The first-order valence-electron chi connectivity index (χ1n) is 11.6. The second-order valence-corrected chi connectivity index (χ2v) is 8.91. The van der Waals surface area contributed by atoms with Crippen LogP contribution in [-0.2, 0) is 6.42 Å². The van der Waals surface area contributed by atoms with Crippen LogP contribution >= 0.6 is 0 Å². The number of nitrogens with two attached hydrogens (primary N) is 1. The van der Waals surface area contributed by atoms with Gasteiger partial charge in [-0.05, 0) is 60.9 Å². The second-order valence-electron chi connectivity index (χ2n) is 8.91. The molecule has 1 aliphatic carbocycles. The summed E-state index contributed by atoms with van der Waals surface area (Å²) in [7, 11) is 0. The molecule has 2 aromatic carbocycles. The maximum atomic E-state index is 12.3. The molecule has 29 heavy (non-hydrogen) atoms. The lowest BCUT2D eigenvalue weighted by molar-refractivity contribution is 0.0978. The molecule has 2 heteroatoms. The summed E-state index contributed by atoms with van der Waals surface area (Å²) < 4.78 is 0. The molecule has 0 bridgehead atoms. The number of carbonyl (C=O) groups excluding carboxylic acids is 1. The summed E-state index contributed by atoms with van der Waals surface area (Å²) in [6.45, 7) is 0. The molecule has 0 heterocycles. The molecule has 2 nitrogen and oxygen atoms in total. The van der Waals surface area contributed by atoms with Crippen LogP contribution in [0.3, 0.4) is 0 Å². The predicted octanol–water partition coefficient (Wildman–Crippen LogP) is 7.23. The maximum absolute atomic E-state index is 12.3. The van der Waals surface area contributed by atoms with Gasteiger partial charge in [0.2, 0.25) is 0 Å². The number of Topliss-reactive ketones (excluding diaryl/α,β-unsaturated/α-hetero) is 1.